The number of aliphatic carboxylic acids is 1. The van der Waals surface area contributed by atoms with Crippen molar-refractivity contribution in [1.82, 2.24) is 16.0 Å². The van der Waals surface area contributed by atoms with E-state index in [-0.39, 0.29) is 30.8 Å². The standard InChI is InChI=1S/C22H43N7O5S/c1-6-13(4)17(20(32)28-16(12(2)3)21(33)34)29-19(31)15(8-7-10-26-22(24)25)27-18(30)14(23)9-11-35-5/h12-17H,6-11,23H2,1-5H3,(H,27,30)(H,28,32)(H,29,31)(H,33,34)(H4,24,25,26). The second-order valence-corrected chi connectivity index (χ2v) is 9.82. The first-order valence-electron chi connectivity index (χ1n) is 11.8. The minimum atomic E-state index is -1.16. The first-order valence-corrected chi connectivity index (χ1v) is 13.2. The second-order valence-electron chi connectivity index (χ2n) is 8.84. The molecule has 0 fully saturated rings. The fraction of sp³-hybridized carbons (Fsp3) is 0.773. The van der Waals surface area contributed by atoms with Crippen LogP contribution in [0.15, 0.2) is 4.99 Å². The molecule has 0 bridgehead atoms. The van der Waals surface area contributed by atoms with Crippen molar-refractivity contribution in [3.8, 4) is 0 Å². The smallest absolute Gasteiger partial charge is 0.326 e. The van der Waals surface area contributed by atoms with E-state index in [1.807, 2.05) is 13.2 Å². The Morgan fingerprint density at radius 1 is 0.943 bits per heavy atom. The lowest BCUT2D eigenvalue weighted by molar-refractivity contribution is -0.144. The number of nitrogens with zero attached hydrogens (tertiary/aromatic N) is 1. The summed E-state index contributed by atoms with van der Waals surface area (Å²) in [7, 11) is 0. The van der Waals surface area contributed by atoms with Gasteiger partial charge in [-0.3, -0.25) is 19.4 Å². The summed E-state index contributed by atoms with van der Waals surface area (Å²) in [6.07, 6.45) is 3.50. The Morgan fingerprint density at radius 3 is 2.03 bits per heavy atom. The van der Waals surface area contributed by atoms with Gasteiger partial charge in [-0.1, -0.05) is 34.1 Å². The summed E-state index contributed by atoms with van der Waals surface area (Å²) in [5.41, 5.74) is 16.6. The van der Waals surface area contributed by atoms with Gasteiger partial charge in [-0.15, -0.1) is 0 Å². The minimum Gasteiger partial charge on any atom is -0.480 e. The highest BCUT2D eigenvalue weighted by atomic mass is 32.2. The summed E-state index contributed by atoms with van der Waals surface area (Å²) in [5.74, 6) is -2.85. The summed E-state index contributed by atoms with van der Waals surface area (Å²) in [5, 5.41) is 17.3. The summed E-state index contributed by atoms with van der Waals surface area (Å²) >= 11 is 1.55. The van der Waals surface area contributed by atoms with Gasteiger partial charge in [0.25, 0.3) is 0 Å². The zero-order valence-corrected chi connectivity index (χ0v) is 22.2. The zero-order chi connectivity index (χ0) is 27.1. The highest BCUT2D eigenvalue weighted by Crippen LogP contribution is 2.12. The highest BCUT2D eigenvalue weighted by molar-refractivity contribution is 7.98. The average molecular weight is 518 g/mol. The van der Waals surface area contributed by atoms with Gasteiger partial charge in [0.15, 0.2) is 5.96 Å². The third-order valence-corrected chi connectivity index (χ3v) is 6.22. The lowest BCUT2D eigenvalue weighted by atomic mass is 9.96. The van der Waals surface area contributed by atoms with E-state index < -0.39 is 47.9 Å². The molecule has 202 valence electrons. The van der Waals surface area contributed by atoms with E-state index in [1.54, 1.807) is 32.5 Å². The van der Waals surface area contributed by atoms with Crippen LogP contribution in [0.25, 0.3) is 0 Å². The molecule has 0 aliphatic heterocycles. The van der Waals surface area contributed by atoms with Gasteiger partial charge in [0, 0.05) is 6.54 Å². The van der Waals surface area contributed by atoms with Crippen molar-refractivity contribution in [2.45, 2.75) is 77.5 Å². The normalized spacial score (nSPS) is 15.3. The summed E-state index contributed by atoms with van der Waals surface area (Å²) in [6, 6.07) is -3.85. The maximum atomic E-state index is 13.2. The number of carbonyl (C=O) groups is 4. The van der Waals surface area contributed by atoms with E-state index in [2.05, 4.69) is 20.9 Å². The number of carboxylic acids is 1. The highest BCUT2D eigenvalue weighted by Gasteiger charge is 2.33. The molecule has 3 amide bonds. The molecule has 12 nitrogen and oxygen atoms in total. The third kappa shape index (κ3) is 12.6. The number of nitrogens with two attached hydrogens (primary N) is 3. The predicted octanol–water partition coefficient (Wildman–Crippen LogP) is -0.638. The van der Waals surface area contributed by atoms with Gasteiger partial charge < -0.3 is 38.3 Å². The van der Waals surface area contributed by atoms with Gasteiger partial charge in [-0.25, -0.2) is 4.79 Å². The molecule has 0 radical (unpaired) electrons. The van der Waals surface area contributed by atoms with Crippen LogP contribution < -0.4 is 33.2 Å². The molecule has 35 heavy (non-hydrogen) atoms. The fourth-order valence-electron chi connectivity index (χ4n) is 3.14. The SMILES string of the molecule is CCC(C)C(NC(=O)C(CCCN=C(N)N)NC(=O)C(N)CCSC)C(=O)NC(C(=O)O)C(C)C. The lowest BCUT2D eigenvalue weighted by Gasteiger charge is -2.28. The van der Waals surface area contributed by atoms with Gasteiger partial charge in [-0.05, 0) is 43.1 Å². The van der Waals surface area contributed by atoms with Crippen molar-refractivity contribution in [3.05, 3.63) is 0 Å². The van der Waals surface area contributed by atoms with Crippen molar-refractivity contribution >= 4 is 41.4 Å². The molecule has 13 heteroatoms. The van der Waals surface area contributed by atoms with E-state index in [4.69, 9.17) is 17.2 Å². The molecular formula is C22H43N7O5S. The molecule has 5 unspecified atom stereocenters. The molecule has 0 saturated carbocycles. The van der Waals surface area contributed by atoms with Crippen LogP contribution in [0, 0.1) is 11.8 Å². The molecule has 0 aromatic rings. The van der Waals surface area contributed by atoms with Gasteiger partial charge >= 0.3 is 5.97 Å². The van der Waals surface area contributed by atoms with E-state index in [0.717, 1.165) is 0 Å². The van der Waals surface area contributed by atoms with E-state index in [0.29, 0.717) is 25.0 Å². The van der Waals surface area contributed by atoms with Crippen LogP contribution in [0.5, 0.6) is 0 Å². The average Bonchev–Trinajstić information content (AvgIpc) is 2.79. The monoisotopic (exact) mass is 517 g/mol. The number of rotatable bonds is 17. The number of hydrogen-bond acceptors (Lipinski definition) is 7. The Morgan fingerprint density at radius 2 is 1.54 bits per heavy atom. The van der Waals surface area contributed by atoms with Crippen LogP contribution in [-0.2, 0) is 19.2 Å². The van der Waals surface area contributed by atoms with Crippen LogP contribution in [0.2, 0.25) is 0 Å². The van der Waals surface area contributed by atoms with Crippen LogP contribution in [0.4, 0.5) is 0 Å². The molecule has 0 aliphatic carbocycles. The van der Waals surface area contributed by atoms with Crippen LogP contribution in [-0.4, -0.2) is 77.5 Å². The largest absolute Gasteiger partial charge is 0.480 e. The molecular weight excluding hydrogens is 474 g/mol. The lowest BCUT2D eigenvalue weighted by Crippen LogP contribution is -2.59. The molecule has 0 aromatic carbocycles. The van der Waals surface area contributed by atoms with E-state index in [1.165, 1.54) is 0 Å². The summed E-state index contributed by atoms with van der Waals surface area (Å²) in [6.45, 7) is 7.24. The third-order valence-electron chi connectivity index (χ3n) is 5.57. The molecule has 0 heterocycles. The number of hydrogen-bond donors (Lipinski definition) is 7. The summed E-state index contributed by atoms with van der Waals surface area (Å²) in [4.78, 5) is 54.1. The molecule has 0 spiro atoms. The number of amides is 3. The fourth-order valence-corrected chi connectivity index (χ4v) is 3.63. The Kier molecular flexibility index (Phi) is 15.7. The first kappa shape index (κ1) is 32.5. The van der Waals surface area contributed by atoms with Crippen molar-refractivity contribution in [3.63, 3.8) is 0 Å². The van der Waals surface area contributed by atoms with Crippen molar-refractivity contribution in [2.24, 2.45) is 34.0 Å². The zero-order valence-electron chi connectivity index (χ0n) is 21.4. The number of aliphatic imine (C=N–C) groups is 1. The molecule has 0 aromatic heterocycles. The maximum absolute atomic E-state index is 13.2. The van der Waals surface area contributed by atoms with Gasteiger partial charge in [0.2, 0.25) is 17.7 Å². The van der Waals surface area contributed by atoms with Crippen LogP contribution in [0.3, 0.4) is 0 Å². The number of carbonyl (C=O) groups excluding carboxylic acids is 3. The Balaban J connectivity index is 5.61. The van der Waals surface area contributed by atoms with Crippen LogP contribution >= 0.6 is 11.8 Å². The first-order chi connectivity index (χ1) is 16.3. The van der Waals surface area contributed by atoms with Crippen LogP contribution in [0.1, 0.15) is 53.4 Å². The Bertz CT molecular complexity index is 731. The van der Waals surface area contributed by atoms with E-state index in [9.17, 15) is 24.3 Å². The van der Waals surface area contributed by atoms with E-state index >= 15 is 0 Å². The van der Waals surface area contributed by atoms with Crippen molar-refractivity contribution in [1.29, 1.82) is 0 Å². The summed E-state index contributed by atoms with van der Waals surface area (Å²) < 4.78 is 0. The quantitative estimate of drug-likeness (QED) is 0.0740. The molecule has 0 rings (SSSR count). The minimum absolute atomic E-state index is 0.0826. The number of thioether (sulfide) groups is 1. The molecule has 10 N–H and O–H groups in total. The number of carboxylic acid groups (broad SMARTS) is 1. The topological polar surface area (TPSA) is 215 Å². The second kappa shape index (κ2) is 17.0. The Hall–Kier alpha value is -2.54. The molecule has 5 atom stereocenters. The predicted molar refractivity (Wildman–Crippen MR) is 139 cm³/mol. The molecule has 0 saturated heterocycles. The Labute approximate surface area is 212 Å². The maximum Gasteiger partial charge on any atom is 0.326 e. The number of nitrogens with one attached hydrogen (secondary N) is 3. The van der Waals surface area contributed by atoms with Crippen molar-refractivity contribution < 1.29 is 24.3 Å². The van der Waals surface area contributed by atoms with Gasteiger partial charge in [0.1, 0.15) is 18.1 Å². The van der Waals surface area contributed by atoms with Crippen molar-refractivity contribution in [2.75, 3.05) is 18.6 Å². The number of guanidine groups is 1. The van der Waals surface area contributed by atoms with Gasteiger partial charge in [0.05, 0.1) is 6.04 Å². The molecule has 0 aliphatic rings. The van der Waals surface area contributed by atoms with Gasteiger partial charge in [-0.2, -0.15) is 11.8 Å².